The number of aromatic nitrogens is 1. The molecule has 1 atom stereocenters. The van der Waals surface area contributed by atoms with Crippen LogP contribution in [0.4, 0.5) is 0 Å². The van der Waals surface area contributed by atoms with Crippen molar-refractivity contribution in [3.8, 4) is 11.5 Å². The fraction of sp³-hybridized carbons (Fsp3) is 0.323. The van der Waals surface area contributed by atoms with Gasteiger partial charge in [-0.3, -0.25) is 9.36 Å². The Morgan fingerprint density at radius 3 is 2.62 bits per heavy atom. The number of allylic oxidation sites excluding steroid dienone is 2. The molecular formula is C31H34N2O5S. The lowest BCUT2D eigenvalue weighted by Gasteiger charge is -2.25. The average Bonchev–Trinajstić information content (AvgIpc) is 3.23. The number of carbonyl (C=O) groups excluding carboxylic acids is 1. The topological polar surface area (TPSA) is 79.1 Å². The number of ether oxygens (including phenoxy) is 3. The lowest BCUT2D eigenvalue weighted by Crippen LogP contribution is -2.39. The van der Waals surface area contributed by atoms with Gasteiger partial charge in [0.25, 0.3) is 5.56 Å². The summed E-state index contributed by atoms with van der Waals surface area (Å²) in [5.41, 5.74) is 2.34. The fourth-order valence-corrected chi connectivity index (χ4v) is 5.31. The molecule has 0 spiro atoms. The van der Waals surface area contributed by atoms with Gasteiger partial charge in [-0.05, 0) is 55.5 Å². The minimum atomic E-state index is -0.723. The minimum absolute atomic E-state index is 0.211. The van der Waals surface area contributed by atoms with Crippen molar-refractivity contribution in [1.82, 2.24) is 4.57 Å². The highest BCUT2D eigenvalue weighted by atomic mass is 32.1. The van der Waals surface area contributed by atoms with E-state index in [0.717, 1.165) is 12.0 Å². The van der Waals surface area contributed by atoms with Crippen LogP contribution in [-0.2, 0) is 9.53 Å². The summed E-state index contributed by atoms with van der Waals surface area (Å²) in [5.74, 6) is 1.15. The van der Waals surface area contributed by atoms with E-state index in [-0.39, 0.29) is 12.2 Å². The maximum atomic E-state index is 13.7. The van der Waals surface area contributed by atoms with Crippen LogP contribution in [-0.4, -0.2) is 30.9 Å². The Labute approximate surface area is 232 Å². The molecule has 0 N–H and O–H groups in total. The molecule has 0 fully saturated rings. The van der Waals surface area contributed by atoms with Crippen LogP contribution in [0.15, 0.2) is 75.7 Å². The van der Waals surface area contributed by atoms with E-state index in [1.165, 1.54) is 11.3 Å². The normalized spacial score (nSPS) is 15.4. The molecule has 39 heavy (non-hydrogen) atoms. The second kappa shape index (κ2) is 12.8. The first-order valence-electron chi connectivity index (χ1n) is 13.1. The van der Waals surface area contributed by atoms with Gasteiger partial charge in [0.2, 0.25) is 0 Å². The van der Waals surface area contributed by atoms with E-state index in [1.54, 1.807) is 31.6 Å². The molecule has 0 saturated carbocycles. The zero-order valence-electron chi connectivity index (χ0n) is 23.0. The van der Waals surface area contributed by atoms with E-state index in [1.807, 2.05) is 60.7 Å². The SMILES string of the molecule is CCOC(=O)C1=C(C)N=c2sc(=CC=Cc3ccccc3)c(=O)n2C1c1ccc(OCCC(C)C)c(OC)c1. The summed E-state index contributed by atoms with van der Waals surface area (Å²) >= 11 is 1.29. The molecule has 2 aromatic carbocycles. The third-order valence-electron chi connectivity index (χ3n) is 6.31. The average molecular weight is 547 g/mol. The number of thiazole rings is 1. The standard InChI is InChI=1S/C31H34N2O5S/c1-6-37-30(35)27-21(4)32-31-33(29(34)26(39-31)14-10-13-22-11-8-7-9-12-22)28(27)23-15-16-24(25(19-23)36-5)38-18-17-20(2)3/h7-16,19-20,28H,6,17-18H2,1-5H3. The van der Waals surface area contributed by atoms with Gasteiger partial charge in [-0.2, -0.15) is 0 Å². The predicted octanol–water partition coefficient (Wildman–Crippen LogP) is 4.90. The van der Waals surface area contributed by atoms with Crippen LogP contribution in [0, 0.1) is 5.92 Å². The van der Waals surface area contributed by atoms with Gasteiger partial charge in [-0.15, -0.1) is 0 Å². The maximum absolute atomic E-state index is 13.7. The lowest BCUT2D eigenvalue weighted by atomic mass is 9.95. The van der Waals surface area contributed by atoms with Crippen molar-refractivity contribution in [3.63, 3.8) is 0 Å². The number of fused-ring (bicyclic) bond motifs is 1. The molecule has 2 heterocycles. The Kier molecular flexibility index (Phi) is 9.19. The zero-order valence-corrected chi connectivity index (χ0v) is 23.8. The summed E-state index contributed by atoms with van der Waals surface area (Å²) in [4.78, 5) is 32.0. The van der Waals surface area contributed by atoms with Gasteiger partial charge in [-0.25, -0.2) is 9.79 Å². The van der Waals surface area contributed by atoms with Crippen LogP contribution in [0.25, 0.3) is 12.2 Å². The van der Waals surface area contributed by atoms with Crippen LogP contribution < -0.4 is 24.4 Å². The van der Waals surface area contributed by atoms with Crippen LogP contribution in [0.5, 0.6) is 11.5 Å². The molecule has 0 radical (unpaired) electrons. The third kappa shape index (κ3) is 6.40. The van der Waals surface area contributed by atoms with E-state index in [0.29, 0.717) is 50.2 Å². The minimum Gasteiger partial charge on any atom is -0.493 e. The molecule has 1 aliphatic rings. The van der Waals surface area contributed by atoms with Crippen molar-refractivity contribution in [1.29, 1.82) is 0 Å². The number of carbonyl (C=O) groups is 1. The number of hydrogen-bond acceptors (Lipinski definition) is 7. The Morgan fingerprint density at radius 1 is 1.15 bits per heavy atom. The summed E-state index contributed by atoms with van der Waals surface area (Å²) in [6, 6.07) is 14.6. The maximum Gasteiger partial charge on any atom is 0.338 e. The molecule has 3 aromatic rings. The van der Waals surface area contributed by atoms with E-state index in [4.69, 9.17) is 14.2 Å². The molecule has 1 unspecified atom stereocenters. The van der Waals surface area contributed by atoms with E-state index >= 15 is 0 Å². The molecule has 1 aliphatic heterocycles. The number of methoxy groups -OCH3 is 1. The summed E-state index contributed by atoms with van der Waals surface area (Å²) in [7, 11) is 1.58. The van der Waals surface area contributed by atoms with Crippen LogP contribution in [0.3, 0.4) is 0 Å². The van der Waals surface area contributed by atoms with Crippen molar-refractivity contribution in [2.75, 3.05) is 20.3 Å². The largest absolute Gasteiger partial charge is 0.493 e. The molecule has 7 nitrogen and oxygen atoms in total. The van der Waals surface area contributed by atoms with Crippen LogP contribution in [0.2, 0.25) is 0 Å². The van der Waals surface area contributed by atoms with E-state index in [9.17, 15) is 9.59 Å². The highest BCUT2D eigenvalue weighted by Gasteiger charge is 2.33. The molecule has 1 aromatic heterocycles. The number of nitrogens with zero attached hydrogens (tertiary/aromatic N) is 2. The zero-order chi connectivity index (χ0) is 27.9. The summed E-state index contributed by atoms with van der Waals surface area (Å²) in [5, 5.41) is 0. The summed E-state index contributed by atoms with van der Waals surface area (Å²) < 4.78 is 19.1. The van der Waals surface area contributed by atoms with Crippen molar-refractivity contribution < 1.29 is 19.0 Å². The molecule has 0 saturated heterocycles. The monoisotopic (exact) mass is 546 g/mol. The molecule has 0 aliphatic carbocycles. The van der Waals surface area contributed by atoms with E-state index < -0.39 is 12.0 Å². The Morgan fingerprint density at radius 2 is 1.92 bits per heavy atom. The summed E-state index contributed by atoms with van der Waals surface area (Å²) in [6.45, 7) is 8.58. The molecule has 0 amide bonds. The highest BCUT2D eigenvalue weighted by molar-refractivity contribution is 7.07. The first kappa shape index (κ1) is 28.1. The smallest absolute Gasteiger partial charge is 0.338 e. The predicted molar refractivity (Wildman–Crippen MR) is 155 cm³/mol. The molecular weight excluding hydrogens is 512 g/mol. The third-order valence-corrected chi connectivity index (χ3v) is 7.31. The van der Waals surface area contributed by atoms with Crippen LogP contribution in [0.1, 0.15) is 51.3 Å². The van der Waals surface area contributed by atoms with Crippen LogP contribution >= 0.6 is 11.3 Å². The number of hydrogen-bond donors (Lipinski definition) is 0. The number of rotatable bonds is 10. The van der Waals surface area contributed by atoms with Gasteiger partial charge >= 0.3 is 5.97 Å². The van der Waals surface area contributed by atoms with Gasteiger partial charge < -0.3 is 14.2 Å². The quantitative estimate of drug-likeness (QED) is 0.338. The number of benzene rings is 2. The van der Waals surface area contributed by atoms with Crippen molar-refractivity contribution in [2.24, 2.45) is 10.9 Å². The Hall–Kier alpha value is -3.91. The van der Waals surface area contributed by atoms with Gasteiger partial charge in [-0.1, -0.05) is 73.7 Å². The molecule has 204 valence electrons. The van der Waals surface area contributed by atoms with Gasteiger partial charge in [0.15, 0.2) is 16.3 Å². The van der Waals surface area contributed by atoms with Gasteiger partial charge in [0.1, 0.15) is 0 Å². The Bertz CT molecular complexity index is 1560. The first-order chi connectivity index (χ1) is 18.8. The Balaban J connectivity index is 1.81. The molecule has 4 rings (SSSR count). The summed E-state index contributed by atoms with van der Waals surface area (Å²) in [6.07, 6.45) is 6.48. The van der Waals surface area contributed by atoms with Crippen molar-refractivity contribution in [3.05, 3.63) is 96.7 Å². The number of esters is 1. The lowest BCUT2D eigenvalue weighted by molar-refractivity contribution is -0.139. The van der Waals surface area contributed by atoms with Crippen molar-refractivity contribution in [2.45, 2.75) is 40.2 Å². The highest BCUT2D eigenvalue weighted by Crippen LogP contribution is 2.36. The second-order valence-corrected chi connectivity index (χ2v) is 10.5. The van der Waals surface area contributed by atoms with Gasteiger partial charge in [0, 0.05) is 0 Å². The first-order valence-corrected chi connectivity index (χ1v) is 13.9. The fourth-order valence-electron chi connectivity index (χ4n) is 4.31. The van der Waals surface area contributed by atoms with E-state index in [2.05, 4.69) is 18.8 Å². The second-order valence-electron chi connectivity index (χ2n) is 9.54. The van der Waals surface area contributed by atoms with Gasteiger partial charge in [0.05, 0.1) is 42.2 Å². The molecule has 8 heteroatoms. The molecule has 0 bridgehead atoms. The van der Waals surface area contributed by atoms with Crippen molar-refractivity contribution >= 4 is 29.5 Å².